The summed E-state index contributed by atoms with van der Waals surface area (Å²) >= 11 is 3.46. The predicted molar refractivity (Wildman–Crippen MR) is 73.4 cm³/mol. The lowest BCUT2D eigenvalue weighted by atomic mass is 9.91. The molecule has 4 heteroatoms. The first-order valence-electron chi connectivity index (χ1n) is 6.01. The Kier molecular flexibility index (Phi) is 3.78. The van der Waals surface area contributed by atoms with Crippen molar-refractivity contribution in [1.82, 2.24) is 0 Å². The predicted octanol–water partition coefficient (Wildman–Crippen LogP) is 3.52. The van der Waals surface area contributed by atoms with Gasteiger partial charge >= 0.3 is 0 Å². The number of halogens is 1. The first kappa shape index (κ1) is 13.6. The van der Waals surface area contributed by atoms with Crippen LogP contribution in [0, 0.1) is 6.92 Å². The highest BCUT2D eigenvalue weighted by molar-refractivity contribution is 9.10. The fourth-order valence-electron chi connectivity index (χ4n) is 2.24. The lowest BCUT2D eigenvalue weighted by molar-refractivity contribution is 0.0211. The summed E-state index contributed by atoms with van der Waals surface area (Å²) in [6.45, 7) is 4.47. The molecular weight excluding hydrogens is 296 g/mol. The van der Waals surface area contributed by atoms with Gasteiger partial charge in [-0.3, -0.25) is 4.79 Å². The summed E-state index contributed by atoms with van der Waals surface area (Å²) in [4.78, 5) is 12.6. The molecule has 98 valence electrons. The van der Waals surface area contributed by atoms with Gasteiger partial charge in [0, 0.05) is 11.1 Å². The van der Waals surface area contributed by atoms with E-state index in [1.54, 1.807) is 7.11 Å². The number of hydrogen-bond acceptors (Lipinski definition) is 3. The Morgan fingerprint density at radius 1 is 1.50 bits per heavy atom. The van der Waals surface area contributed by atoms with E-state index in [0.29, 0.717) is 17.9 Å². The normalized spacial score (nSPS) is 23.1. The summed E-state index contributed by atoms with van der Waals surface area (Å²) in [5.74, 6) is 0.606. The van der Waals surface area contributed by atoms with Gasteiger partial charge in [0.2, 0.25) is 0 Å². The molecule has 1 aromatic carbocycles. The Labute approximate surface area is 116 Å². The van der Waals surface area contributed by atoms with E-state index in [-0.39, 0.29) is 5.78 Å². The van der Waals surface area contributed by atoms with E-state index in [1.807, 2.05) is 26.0 Å². The minimum absolute atomic E-state index is 0.00227. The number of aryl methyl sites for hydroxylation is 1. The van der Waals surface area contributed by atoms with Gasteiger partial charge in [-0.25, -0.2) is 0 Å². The average molecular weight is 313 g/mol. The van der Waals surface area contributed by atoms with Crippen molar-refractivity contribution in [3.63, 3.8) is 0 Å². The maximum Gasteiger partial charge on any atom is 0.198 e. The van der Waals surface area contributed by atoms with Gasteiger partial charge in [0.1, 0.15) is 11.4 Å². The second kappa shape index (κ2) is 5.02. The number of Topliss-reactive ketones (excluding diaryl/α,β-unsaturated/α-hetero) is 1. The molecule has 0 aliphatic carbocycles. The Bertz CT molecular complexity index is 476. The number of rotatable bonds is 3. The second-order valence-corrected chi connectivity index (χ2v) is 5.67. The third kappa shape index (κ3) is 2.31. The van der Waals surface area contributed by atoms with Gasteiger partial charge in [-0.15, -0.1) is 0 Å². The van der Waals surface area contributed by atoms with Crippen LogP contribution in [0.3, 0.4) is 0 Å². The van der Waals surface area contributed by atoms with E-state index in [9.17, 15) is 4.79 Å². The summed E-state index contributed by atoms with van der Waals surface area (Å²) in [7, 11) is 1.58. The Balaban J connectivity index is 2.44. The molecule has 1 aliphatic rings. The molecular formula is C14H17BrO3. The molecule has 0 aromatic heterocycles. The van der Waals surface area contributed by atoms with Gasteiger partial charge < -0.3 is 9.47 Å². The van der Waals surface area contributed by atoms with Crippen LogP contribution in [0.2, 0.25) is 0 Å². The molecule has 0 bridgehead atoms. The van der Waals surface area contributed by atoms with E-state index in [2.05, 4.69) is 15.9 Å². The highest BCUT2D eigenvalue weighted by atomic mass is 79.9. The van der Waals surface area contributed by atoms with Gasteiger partial charge in [0.05, 0.1) is 12.7 Å². The molecule has 0 amide bonds. The molecule has 0 radical (unpaired) electrons. The molecule has 1 atom stereocenters. The fraction of sp³-hybridized carbons (Fsp3) is 0.500. The lowest BCUT2D eigenvalue weighted by Crippen LogP contribution is -2.34. The summed E-state index contributed by atoms with van der Waals surface area (Å²) in [6, 6.07) is 3.69. The smallest absolute Gasteiger partial charge is 0.198 e. The molecule has 1 aromatic rings. The number of carbonyl (C=O) groups excluding carboxylic acids is 1. The molecule has 1 saturated heterocycles. The molecule has 1 aliphatic heterocycles. The molecule has 0 N–H and O–H groups in total. The number of ether oxygens (including phenoxy) is 2. The molecule has 2 rings (SSSR count). The van der Waals surface area contributed by atoms with Crippen LogP contribution in [0.5, 0.6) is 5.75 Å². The number of hydrogen-bond donors (Lipinski definition) is 0. The number of carbonyl (C=O) groups is 1. The van der Waals surface area contributed by atoms with Crippen LogP contribution >= 0.6 is 15.9 Å². The van der Waals surface area contributed by atoms with E-state index >= 15 is 0 Å². The van der Waals surface area contributed by atoms with Crippen molar-refractivity contribution in [3.8, 4) is 5.75 Å². The van der Waals surface area contributed by atoms with Crippen molar-refractivity contribution in [3.05, 3.63) is 27.7 Å². The van der Waals surface area contributed by atoms with Crippen molar-refractivity contribution < 1.29 is 14.3 Å². The minimum atomic E-state index is -0.706. The molecule has 3 nitrogen and oxygen atoms in total. The second-order valence-electron chi connectivity index (χ2n) is 4.81. The van der Waals surface area contributed by atoms with Gasteiger partial charge in [0.15, 0.2) is 5.78 Å². The van der Waals surface area contributed by atoms with Crippen molar-refractivity contribution in [1.29, 1.82) is 0 Å². The van der Waals surface area contributed by atoms with Crippen LogP contribution in [-0.2, 0) is 4.74 Å². The van der Waals surface area contributed by atoms with Crippen LogP contribution < -0.4 is 4.74 Å². The van der Waals surface area contributed by atoms with Gasteiger partial charge in [0.25, 0.3) is 0 Å². The lowest BCUT2D eigenvalue weighted by Gasteiger charge is -2.23. The highest BCUT2D eigenvalue weighted by Gasteiger charge is 2.39. The van der Waals surface area contributed by atoms with Crippen molar-refractivity contribution in [2.45, 2.75) is 32.3 Å². The van der Waals surface area contributed by atoms with Crippen LogP contribution in [0.4, 0.5) is 0 Å². The zero-order chi connectivity index (χ0) is 13.3. The SMILES string of the molecule is COc1cc(C)c(Br)cc1C(=O)C1(C)CCCO1. The molecule has 0 saturated carbocycles. The summed E-state index contributed by atoms with van der Waals surface area (Å²) in [5.41, 5.74) is 0.919. The van der Waals surface area contributed by atoms with E-state index in [0.717, 1.165) is 22.9 Å². The number of ketones is 1. The van der Waals surface area contributed by atoms with Crippen LogP contribution in [0.15, 0.2) is 16.6 Å². The van der Waals surface area contributed by atoms with E-state index < -0.39 is 5.60 Å². The summed E-state index contributed by atoms with van der Waals surface area (Å²) < 4.78 is 11.8. The minimum Gasteiger partial charge on any atom is -0.496 e. The van der Waals surface area contributed by atoms with Gasteiger partial charge in [-0.2, -0.15) is 0 Å². The van der Waals surface area contributed by atoms with Crippen LogP contribution in [0.25, 0.3) is 0 Å². The highest BCUT2D eigenvalue weighted by Crippen LogP contribution is 2.34. The van der Waals surface area contributed by atoms with Gasteiger partial charge in [-0.1, -0.05) is 15.9 Å². The first-order valence-corrected chi connectivity index (χ1v) is 6.80. The quantitative estimate of drug-likeness (QED) is 0.801. The molecule has 1 fully saturated rings. The molecule has 18 heavy (non-hydrogen) atoms. The largest absolute Gasteiger partial charge is 0.496 e. The monoisotopic (exact) mass is 312 g/mol. The van der Waals surface area contributed by atoms with Crippen molar-refractivity contribution in [2.75, 3.05) is 13.7 Å². The van der Waals surface area contributed by atoms with Crippen LogP contribution in [0.1, 0.15) is 35.7 Å². The maximum atomic E-state index is 12.6. The van der Waals surface area contributed by atoms with Crippen molar-refractivity contribution >= 4 is 21.7 Å². The average Bonchev–Trinajstić information content (AvgIpc) is 2.79. The maximum absolute atomic E-state index is 12.6. The Morgan fingerprint density at radius 3 is 2.78 bits per heavy atom. The molecule has 1 heterocycles. The summed E-state index contributed by atoms with van der Waals surface area (Å²) in [5, 5.41) is 0. The summed E-state index contributed by atoms with van der Waals surface area (Å²) in [6.07, 6.45) is 1.69. The van der Waals surface area contributed by atoms with E-state index in [4.69, 9.17) is 9.47 Å². The van der Waals surface area contributed by atoms with Crippen molar-refractivity contribution in [2.24, 2.45) is 0 Å². The number of benzene rings is 1. The van der Waals surface area contributed by atoms with E-state index in [1.165, 1.54) is 0 Å². The third-order valence-corrected chi connectivity index (χ3v) is 4.28. The number of methoxy groups -OCH3 is 1. The molecule has 0 spiro atoms. The standard InChI is InChI=1S/C14H17BrO3/c1-9-7-12(17-3)10(8-11(9)15)13(16)14(2)5-4-6-18-14/h7-8H,4-6H2,1-3H3. The van der Waals surface area contributed by atoms with Gasteiger partial charge in [-0.05, 0) is 44.4 Å². The topological polar surface area (TPSA) is 35.5 Å². The zero-order valence-electron chi connectivity index (χ0n) is 10.9. The first-order chi connectivity index (χ1) is 8.48. The Hall–Kier alpha value is -0.870. The fourth-order valence-corrected chi connectivity index (χ4v) is 2.59. The third-order valence-electron chi connectivity index (χ3n) is 3.42. The molecule has 1 unspecified atom stereocenters. The zero-order valence-corrected chi connectivity index (χ0v) is 12.5. The Morgan fingerprint density at radius 2 is 2.22 bits per heavy atom. The van der Waals surface area contributed by atoms with Crippen LogP contribution in [-0.4, -0.2) is 25.1 Å².